The minimum absolute atomic E-state index is 0.00245. The first-order chi connectivity index (χ1) is 9.85. The van der Waals surface area contributed by atoms with Crippen LogP contribution in [-0.2, 0) is 26.4 Å². The molecule has 2 heterocycles. The van der Waals surface area contributed by atoms with Crippen LogP contribution in [0.4, 0.5) is 0 Å². The minimum Gasteiger partial charge on any atom is -0.271 e. The molecule has 10 heteroatoms. The summed E-state index contributed by atoms with van der Waals surface area (Å²) >= 11 is 5.59. The summed E-state index contributed by atoms with van der Waals surface area (Å²) in [5.74, 6) is 0.381. The molecule has 2 rings (SSSR count). The lowest BCUT2D eigenvalue weighted by Crippen LogP contribution is -2.33. The summed E-state index contributed by atoms with van der Waals surface area (Å²) in [6.07, 6.45) is 3.77. The van der Waals surface area contributed by atoms with Crippen LogP contribution in [0, 0.1) is 0 Å². The summed E-state index contributed by atoms with van der Waals surface area (Å²) in [7, 11) is -6.83. The Hall–Kier alpha value is -0.640. The molecule has 0 aliphatic carbocycles. The largest absolute Gasteiger partial charge is 0.271 e. The Morgan fingerprint density at radius 2 is 2.05 bits per heavy atom. The van der Waals surface area contributed by atoms with Gasteiger partial charge < -0.3 is 0 Å². The van der Waals surface area contributed by atoms with E-state index in [0.717, 1.165) is 0 Å². The van der Waals surface area contributed by atoms with Gasteiger partial charge in [0.2, 0.25) is 10.0 Å². The normalized spacial score (nSPS) is 20.2. The molecule has 0 aromatic carbocycles. The second-order valence-corrected chi connectivity index (χ2v) is 9.51. The number of hydrogen-bond acceptors (Lipinski definition) is 5. The van der Waals surface area contributed by atoms with Gasteiger partial charge in [-0.3, -0.25) is 4.68 Å². The molecule has 1 aliphatic rings. The molecular weight excluding hydrogens is 338 g/mol. The van der Waals surface area contributed by atoms with E-state index >= 15 is 0 Å². The van der Waals surface area contributed by atoms with Gasteiger partial charge in [-0.25, -0.2) is 16.8 Å². The van der Waals surface area contributed by atoms with Crippen LogP contribution in [0.15, 0.2) is 17.3 Å². The summed E-state index contributed by atoms with van der Waals surface area (Å²) in [6.45, 7) is 0.763. The predicted molar refractivity (Wildman–Crippen MR) is 79.6 cm³/mol. The van der Waals surface area contributed by atoms with Crippen molar-refractivity contribution >= 4 is 31.5 Å². The maximum absolute atomic E-state index is 12.5. The zero-order valence-corrected chi connectivity index (χ0v) is 13.9. The second-order valence-electron chi connectivity index (χ2n) is 4.89. The topological polar surface area (TPSA) is 89.3 Å². The van der Waals surface area contributed by atoms with E-state index in [1.807, 2.05) is 0 Å². The quantitative estimate of drug-likeness (QED) is 0.710. The number of sulfone groups is 1. The minimum atomic E-state index is -3.69. The van der Waals surface area contributed by atoms with E-state index in [0.29, 0.717) is 25.3 Å². The molecule has 0 unspecified atom stereocenters. The molecule has 0 spiro atoms. The van der Waals surface area contributed by atoms with Crippen molar-refractivity contribution in [1.82, 2.24) is 14.1 Å². The third-order valence-corrected chi connectivity index (χ3v) is 7.12. The van der Waals surface area contributed by atoms with Gasteiger partial charge in [-0.05, 0) is 12.8 Å². The van der Waals surface area contributed by atoms with Crippen LogP contribution < -0.4 is 0 Å². The molecule has 0 atom stereocenters. The fourth-order valence-corrected chi connectivity index (χ4v) is 5.07. The third-order valence-electron chi connectivity index (χ3n) is 3.28. The number of sulfonamides is 1. The fraction of sp³-hybridized carbons (Fsp3) is 0.727. The number of aromatic nitrogens is 2. The fourth-order valence-electron chi connectivity index (χ4n) is 2.13. The maximum Gasteiger partial charge on any atom is 0.246 e. The Bertz CT molecular complexity index is 684. The third kappa shape index (κ3) is 4.18. The highest BCUT2D eigenvalue weighted by Gasteiger charge is 2.29. The highest BCUT2D eigenvalue weighted by molar-refractivity contribution is 7.91. The van der Waals surface area contributed by atoms with Gasteiger partial charge in [-0.15, -0.1) is 11.6 Å². The lowest BCUT2D eigenvalue weighted by molar-refractivity contribution is 0.434. The molecule has 21 heavy (non-hydrogen) atoms. The SMILES string of the molecule is O=S1(=O)CCCN(S(=O)(=O)c2cnn(CCCCl)c2)CC1. The number of halogens is 1. The highest BCUT2D eigenvalue weighted by atomic mass is 35.5. The molecule has 7 nitrogen and oxygen atoms in total. The van der Waals surface area contributed by atoms with Crippen LogP contribution >= 0.6 is 11.6 Å². The van der Waals surface area contributed by atoms with Gasteiger partial charge in [-0.1, -0.05) is 0 Å². The number of hydrogen-bond donors (Lipinski definition) is 0. The molecule has 120 valence electrons. The van der Waals surface area contributed by atoms with Crippen LogP contribution in [0.3, 0.4) is 0 Å². The van der Waals surface area contributed by atoms with Crippen LogP contribution in [-0.4, -0.2) is 61.4 Å². The van der Waals surface area contributed by atoms with Gasteiger partial charge in [0.1, 0.15) is 4.90 Å². The van der Waals surface area contributed by atoms with E-state index in [9.17, 15) is 16.8 Å². The molecule has 1 aromatic heterocycles. The molecule has 1 saturated heterocycles. The standard InChI is InChI=1S/C11H18ClN3O4S2/c12-3-1-4-14-10-11(9-13-14)21(18,19)15-5-2-7-20(16,17)8-6-15/h9-10H,1-8H2. The van der Waals surface area contributed by atoms with Gasteiger partial charge in [0.15, 0.2) is 9.84 Å². The molecule has 1 fully saturated rings. The summed E-state index contributed by atoms with van der Waals surface area (Å²) in [4.78, 5) is 0.0939. The number of rotatable bonds is 5. The number of nitrogens with zero attached hydrogens (tertiary/aromatic N) is 3. The van der Waals surface area contributed by atoms with E-state index in [1.54, 1.807) is 0 Å². The number of aryl methyl sites for hydroxylation is 1. The van der Waals surface area contributed by atoms with Crippen LogP contribution in [0.1, 0.15) is 12.8 Å². The Labute approximate surface area is 129 Å². The summed E-state index contributed by atoms with van der Waals surface area (Å²) in [5.41, 5.74) is 0. The van der Waals surface area contributed by atoms with Crippen molar-refractivity contribution < 1.29 is 16.8 Å². The predicted octanol–water partition coefficient (Wildman–Crippen LogP) is 0.321. The van der Waals surface area contributed by atoms with E-state index in [4.69, 9.17) is 11.6 Å². The van der Waals surface area contributed by atoms with Crippen LogP contribution in [0.2, 0.25) is 0 Å². The van der Waals surface area contributed by atoms with Crippen molar-refractivity contribution in [3.05, 3.63) is 12.4 Å². The van der Waals surface area contributed by atoms with Crippen molar-refractivity contribution in [3.63, 3.8) is 0 Å². The smallest absolute Gasteiger partial charge is 0.246 e. The molecule has 0 amide bonds. The van der Waals surface area contributed by atoms with E-state index in [1.165, 1.54) is 21.4 Å². The first-order valence-electron chi connectivity index (χ1n) is 6.64. The van der Waals surface area contributed by atoms with Crippen molar-refractivity contribution in [2.75, 3.05) is 30.5 Å². The van der Waals surface area contributed by atoms with Gasteiger partial charge in [0, 0.05) is 31.7 Å². The molecule has 0 bridgehead atoms. The first-order valence-corrected chi connectivity index (χ1v) is 10.4. The number of alkyl halides is 1. The van der Waals surface area contributed by atoms with E-state index < -0.39 is 19.9 Å². The molecule has 0 saturated carbocycles. The molecule has 1 aromatic rings. The lowest BCUT2D eigenvalue weighted by atomic mass is 10.5. The average molecular weight is 356 g/mol. The summed E-state index contributed by atoms with van der Waals surface area (Å²) in [5, 5.41) is 4.00. The van der Waals surface area contributed by atoms with Crippen molar-refractivity contribution in [2.45, 2.75) is 24.3 Å². The molecule has 0 N–H and O–H groups in total. The zero-order chi connectivity index (χ0) is 15.5. The average Bonchev–Trinajstić information content (AvgIpc) is 2.81. The van der Waals surface area contributed by atoms with Gasteiger partial charge >= 0.3 is 0 Å². The Kier molecular flexibility index (Phi) is 5.29. The lowest BCUT2D eigenvalue weighted by Gasteiger charge is -2.17. The Morgan fingerprint density at radius 1 is 1.29 bits per heavy atom. The van der Waals surface area contributed by atoms with E-state index in [-0.39, 0.29) is 29.5 Å². The Morgan fingerprint density at radius 3 is 2.76 bits per heavy atom. The van der Waals surface area contributed by atoms with Crippen molar-refractivity contribution in [2.24, 2.45) is 0 Å². The molecule has 1 aliphatic heterocycles. The molecule has 0 radical (unpaired) electrons. The summed E-state index contributed by atoms with van der Waals surface area (Å²) < 4.78 is 50.8. The van der Waals surface area contributed by atoms with Gasteiger partial charge in [-0.2, -0.15) is 9.40 Å². The molecular formula is C11H18ClN3O4S2. The Balaban J connectivity index is 2.15. The second kappa shape index (κ2) is 6.64. The maximum atomic E-state index is 12.5. The van der Waals surface area contributed by atoms with Crippen LogP contribution in [0.25, 0.3) is 0 Å². The van der Waals surface area contributed by atoms with Gasteiger partial charge in [0.05, 0.1) is 17.7 Å². The van der Waals surface area contributed by atoms with Crippen molar-refractivity contribution in [3.8, 4) is 0 Å². The van der Waals surface area contributed by atoms with Crippen molar-refractivity contribution in [1.29, 1.82) is 0 Å². The van der Waals surface area contributed by atoms with E-state index in [2.05, 4.69) is 5.10 Å². The summed E-state index contributed by atoms with van der Waals surface area (Å²) in [6, 6.07) is 0. The monoisotopic (exact) mass is 355 g/mol. The van der Waals surface area contributed by atoms with Gasteiger partial charge in [0.25, 0.3) is 0 Å². The highest BCUT2D eigenvalue weighted by Crippen LogP contribution is 2.18. The zero-order valence-electron chi connectivity index (χ0n) is 11.5. The van der Waals surface area contributed by atoms with Crippen LogP contribution in [0.5, 0.6) is 0 Å². The first kappa shape index (κ1) is 16.7.